The van der Waals surface area contributed by atoms with Crippen LogP contribution >= 0.6 is 0 Å². The quantitative estimate of drug-likeness (QED) is 0.158. The summed E-state index contributed by atoms with van der Waals surface area (Å²) in [6, 6.07) is 67.9. The SMILES string of the molecule is c1ccc(-c2nc(-c3ccc(-c4cc5c(-c6ccccc6)nc6ccccc6c5c5c4=NCN=5)cc3)cc(-c3cccc(-n4c5ccccc5c5ccccc54)c3)n2)cc1. The fourth-order valence-corrected chi connectivity index (χ4v) is 8.89. The molecule has 0 N–H and O–H groups in total. The molecular formula is C54H34N6. The molecule has 0 spiro atoms. The molecule has 1 aliphatic heterocycles. The third-order valence-electron chi connectivity index (χ3n) is 11.7. The highest BCUT2D eigenvalue weighted by atomic mass is 15.0. The van der Waals surface area contributed by atoms with Gasteiger partial charge in [-0.05, 0) is 48.0 Å². The van der Waals surface area contributed by atoms with E-state index >= 15 is 0 Å². The van der Waals surface area contributed by atoms with Crippen molar-refractivity contribution in [1.29, 1.82) is 0 Å². The highest BCUT2D eigenvalue weighted by Crippen LogP contribution is 2.36. The lowest BCUT2D eigenvalue weighted by Gasteiger charge is -2.13. The van der Waals surface area contributed by atoms with Crippen LogP contribution in [0.2, 0.25) is 0 Å². The zero-order valence-corrected chi connectivity index (χ0v) is 32.4. The smallest absolute Gasteiger partial charge is 0.160 e. The summed E-state index contributed by atoms with van der Waals surface area (Å²) >= 11 is 0. The van der Waals surface area contributed by atoms with Gasteiger partial charge in [-0.1, -0.05) is 152 Å². The Hall–Kier alpha value is -8.09. The molecule has 12 rings (SSSR count). The topological polar surface area (TPSA) is 68.3 Å². The van der Waals surface area contributed by atoms with E-state index in [4.69, 9.17) is 24.9 Å². The lowest BCUT2D eigenvalue weighted by molar-refractivity contribution is 1.06. The van der Waals surface area contributed by atoms with Crippen molar-refractivity contribution in [2.45, 2.75) is 0 Å². The highest BCUT2D eigenvalue weighted by Gasteiger charge is 2.19. The summed E-state index contributed by atoms with van der Waals surface area (Å²) in [6.07, 6.45) is 0. The fraction of sp³-hybridized carbons (Fsp3) is 0.0185. The number of pyridine rings is 1. The molecule has 3 aromatic heterocycles. The van der Waals surface area contributed by atoms with Crippen molar-refractivity contribution in [1.82, 2.24) is 19.5 Å². The van der Waals surface area contributed by atoms with Crippen molar-refractivity contribution in [3.05, 3.63) is 205 Å². The highest BCUT2D eigenvalue weighted by molar-refractivity contribution is 6.12. The molecule has 0 saturated heterocycles. The zero-order valence-electron chi connectivity index (χ0n) is 32.4. The lowest BCUT2D eigenvalue weighted by Crippen LogP contribution is -2.25. The summed E-state index contributed by atoms with van der Waals surface area (Å²) in [5, 5.41) is 7.56. The van der Waals surface area contributed by atoms with Gasteiger partial charge >= 0.3 is 0 Å². The van der Waals surface area contributed by atoms with E-state index in [9.17, 15) is 0 Å². The fourth-order valence-electron chi connectivity index (χ4n) is 8.89. The van der Waals surface area contributed by atoms with E-state index in [1.165, 1.54) is 21.8 Å². The van der Waals surface area contributed by atoms with Gasteiger partial charge in [0.25, 0.3) is 0 Å². The Bertz CT molecular complexity index is 3560. The van der Waals surface area contributed by atoms with Crippen molar-refractivity contribution >= 4 is 43.5 Å². The van der Waals surface area contributed by atoms with E-state index in [1.54, 1.807) is 0 Å². The minimum absolute atomic E-state index is 0.404. The second kappa shape index (κ2) is 13.8. The lowest BCUT2D eigenvalue weighted by atomic mass is 9.94. The van der Waals surface area contributed by atoms with Crippen LogP contribution in [0.15, 0.2) is 204 Å². The molecule has 0 bridgehead atoms. The molecule has 11 aromatic rings. The average Bonchev–Trinajstić information content (AvgIpc) is 3.95. The molecule has 8 aromatic carbocycles. The third kappa shape index (κ3) is 5.53. The minimum Gasteiger partial charge on any atom is -0.309 e. The maximum atomic E-state index is 5.21. The Kier molecular flexibility index (Phi) is 7.81. The van der Waals surface area contributed by atoms with Crippen LogP contribution in [0.25, 0.3) is 105 Å². The van der Waals surface area contributed by atoms with Crippen molar-refractivity contribution in [2.75, 3.05) is 6.67 Å². The largest absolute Gasteiger partial charge is 0.309 e. The van der Waals surface area contributed by atoms with Crippen LogP contribution in [-0.2, 0) is 0 Å². The molecule has 0 amide bonds. The van der Waals surface area contributed by atoms with E-state index in [1.807, 2.05) is 30.3 Å². The first-order chi connectivity index (χ1) is 29.7. The van der Waals surface area contributed by atoms with Crippen LogP contribution < -0.4 is 10.7 Å². The number of fused-ring (bicyclic) bond motifs is 8. The Morgan fingerprint density at radius 1 is 0.383 bits per heavy atom. The Morgan fingerprint density at radius 2 is 0.967 bits per heavy atom. The molecule has 0 unspecified atom stereocenters. The first-order valence-electron chi connectivity index (χ1n) is 20.2. The van der Waals surface area contributed by atoms with E-state index in [0.717, 1.165) is 88.5 Å². The van der Waals surface area contributed by atoms with Crippen LogP contribution in [0.5, 0.6) is 0 Å². The van der Waals surface area contributed by atoms with E-state index in [0.29, 0.717) is 12.5 Å². The molecule has 60 heavy (non-hydrogen) atoms. The van der Waals surface area contributed by atoms with Crippen LogP contribution in [0, 0.1) is 0 Å². The molecule has 1 aliphatic rings. The Labute approximate surface area is 345 Å². The Balaban J connectivity index is 0.997. The molecule has 0 saturated carbocycles. The maximum Gasteiger partial charge on any atom is 0.160 e. The van der Waals surface area contributed by atoms with Gasteiger partial charge in [0.05, 0.1) is 44.3 Å². The van der Waals surface area contributed by atoms with E-state index in [2.05, 4.69) is 168 Å². The summed E-state index contributed by atoms with van der Waals surface area (Å²) in [5.41, 5.74) is 13.1. The second-order valence-corrected chi connectivity index (χ2v) is 15.2. The summed E-state index contributed by atoms with van der Waals surface area (Å²) in [7, 11) is 0. The van der Waals surface area contributed by atoms with Crippen LogP contribution in [0.1, 0.15) is 0 Å². The molecule has 0 radical (unpaired) electrons. The molecule has 280 valence electrons. The normalized spacial score (nSPS) is 12.2. The minimum atomic E-state index is 0.404. The van der Waals surface area contributed by atoms with Crippen molar-refractivity contribution < 1.29 is 0 Å². The van der Waals surface area contributed by atoms with Gasteiger partial charge in [-0.2, -0.15) is 0 Å². The standard InChI is InChI=1S/C54H34N6/c1-3-14-36(15-4-1)51-44-31-43(52-53(56-33-55-52)50(44)42-22-7-10-23-45(42)57-51)34-26-28-35(29-27-34)46-32-47(59-54(58-46)37-16-5-2-6-17-37)38-18-13-19-39(30-38)60-48-24-11-8-20-40(48)41-21-9-12-25-49(41)60/h1-32H,33H2. The number of hydrogen-bond donors (Lipinski definition) is 0. The monoisotopic (exact) mass is 766 g/mol. The number of aromatic nitrogens is 4. The summed E-state index contributed by atoms with van der Waals surface area (Å²) in [6.45, 7) is 0.404. The number of rotatable bonds is 6. The van der Waals surface area contributed by atoms with E-state index in [-0.39, 0.29) is 0 Å². The number of para-hydroxylation sites is 3. The maximum absolute atomic E-state index is 5.21. The van der Waals surface area contributed by atoms with E-state index < -0.39 is 0 Å². The molecule has 0 aliphatic carbocycles. The predicted molar refractivity (Wildman–Crippen MR) is 244 cm³/mol. The van der Waals surface area contributed by atoms with Gasteiger partial charge in [-0.3, -0.25) is 9.98 Å². The third-order valence-corrected chi connectivity index (χ3v) is 11.7. The van der Waals surface area contributed by atoms with Crippen molar-refractivity contribution in [2.24, 2.45) is 9.98 Å². The number of nitrogens with zero attached hydrogens (tertiary/aromatic N) is 6. The second-order valence-electron chi connectivity index (χ2n) is 15.2. The summed E-state index contributed by atoms with van der Waals surface area (Å²) in [5.74, 6) is 0.676. The summed E-state index contributed by atoms with van der Waals surface area (Å²) < 4.78 is 2.34. The first kappa shape index (κ1) is 34.0. The van der Waals surface area contributed by atoms with Gasteiger partial charge in [-0.15, -0.1) is 0 Å². The van der Waals surface area contributed by atoms with Crippen molar-refractivity contribution in [3.8, 4) is 62.0 Å². The van der Waals surface area contributed by atoms with Crippen molar-refractivity contribution in [3.63, 3.8) is 0 Å². The predicted octanol–water partition coefficient (Wildman–Crippen LogP) is 11.8. The Morgan fingerprint density at radius 3 is 1.70 bits per heavy atom. The first-order valence-corrected chi connectivity index (χ1v) is 20.2. The van der Waals surface area contributed by atoms with Gasteiger partial charge < -0.3 is 4.57 Å². The number of hydrogen-bond acceptors (Lipinski definition) is 5. The molecule has 0 fully saturated rings. The molecule has 6 nitrogen and oxygen atoms in total. The van der Waals surface area contributed by atoms with Gasteiger partial charge in [-0.25, -0.2) is 15.0 Å². The zero-order chi connectivity index (χ0) is 39.6. The van der Waals surface area contributed by atoms with Gasteiger partial charge in [0, 0.05) is 60.4 Å². The van der Waals surface area contributed by atoms with Gasteiger partial charge in [0.1, 0.15) is 6.67 Å². The molecule has 4 heterocycles. The average molecular weight is 767 g/mol. The number of benzene rings is 8. The molecule has 6 heteroatoms. The van der Waals surface area contributed by atoms with Crippen LogP contribution in [0.3, 0.4) is 0 Å². The molecule has 0 atom stereocenters. The molecular weight excluding hydrogens is 733 g/mol. The van der Waals surface area contributed by atoms with Gasteiger partial charge in [0.15, 0.2) is 5.82 Å². The van der Waals surface area contributed by atoms with Crippen LogP contribution in [-0.4, -0.2) is 26.2 Å². The summed E-state index contributed by atoms with van der Waals surface area (Å²) in [4.78, 5) is 25.5. The van der Waals surface area contributed by atoms with Crippen LogP contribution in [0.4, 0.5) is 0 Å². The van der Waals surface area contributed by atoms with Gasteiger partial charge in [0.2, 0.25) is 0 Å².